The standard InChI is InChI=1S/C7H12N2/c1-3-6-4-5-7(8)9(6)2/h4-5H,3,8H2,1-2H3. The van der Waals surface area contributed by atoms with Gasteiger partial charge in [0.15, 0.2) is 0 Å². The van der Waals surface area contributed by atoms with Crippen LogP contribution in [0.2, 0.25) is 0 Å². The molecule has 0 spiro atoms. The van der Waals surface area contributed by atoms with Gasteiger partial charge in [-0.2, -0.15) is 0 Å². The van der Waals surface area contributed by atoms with E-state index in [-0.39, 0.29) is 0 Å². The Morgan fingerprint density at radius 2 is 2.22 bits per heavy atom. The van der Waals surface area contributed by atoms with Gasteiger partial charge in [-0.1, -0.05) is 6.92 Å². The summed E-state index contributed by atoms with van der Waals surface area (Å²) >= 11 is 0. The highest BCUT2D eigenvalue weighted by Gasteiger charge is 1.95. The summed E-state index contributed by atoms with van der Waals surface area (Å²) in [7, 11) is 1.98. The molecule has 0 amide bonds. The molecule has 0 unspecified atom stereocenters. The van der Waals surface area contributed by atoms with Crippen LogP contribution >= 0.6 is 0 Å². The van der Waals surface area contributed by atoms with E-state index < -0.39 is 0 Å². The van der Waals surface area contributed by atoms with Crippen molar-refractivity contribution in [3.63, 3.8) is 0 Å². The lowest BCUT2D eigenvalue weighted by atomic mass is 10.3. The zero-order chi connectivity index (χ0) is 6.85. The van der Waals surface area contributed by atoms with E-state index in [0.717, 1.165) is 12.2 Å². The molecule has 2 N–H and O–H groups in total. The number of nitrogens with two attached hydrogens (primary N) is 1. The normalized spacial score (nSPS) is 10.0. The summed E-state index contributed by atoms with van der Waals surface area (Å²) in [6.07, 6.45) is 1.05. The minimum absolute atomic E-state index is 0.840. The lowest BCUT2D eigenvalue weighted by Crippen LogP contribution is -1.98. The largest absolute Gasteiger partial charge is 0.385 e. The van der Waals surface area contributed by atoms with Crippen molar-refractivity contribution >= 4 is 5.82 Å². The summed E-state index contributed by atoms with van der Waals surface area (Å²) in [4.78, 5) is 0. The van der Waals surface area contributed by atoms with E-state index in [1.807, 2.05) is 17.7 Å². The minimum atomic E-state index is 0.840. The van der Waals surface area contributed by atoms with E-state index in [2.05, 4.69) is 13.0 Å². The van der Waals surface area contributed by atoms with Crippen LogP contribution in [0.25, 0.3) is 0 Å². The van der Waals surface area contributed by atoms with Gasteiger partial charge in [-0.05, 0) is 18.6 Å². The van der Waals surface area contributed by atoms with Gasteiger partial charge in [0.25, 0.3) is 0 Å². The number of nitrogens with zero attached hydrogens (tertiary/aromatic N) is 1. The molecule has 1 aromatic rings. The first-order chi connectivity index (χ1) is 4.25. The van der Waals surface area contributed by atoms with E-state index in [4.69, 9.17) is 5.73 Å². The zero-order valence-corrected chi connectivity index (χ0v) is 5.89. The summed E-state index contributed by atoms with van der Waals surface area (Å²) in [6.45, 7) is 2.12. The maximum Gasteiger partial charge on any atom is 0.103 e. The predicted octanol–water partition coefficient (Wildman–Crippen LogP) is 1.17. The van der Waals surface area contributed by atoms with E-state index in [0.29, 0.717) is 0 Å². The van der Waals surface area contributed by atoms with Crippen LogP contribution in [0.3, 0.4) is 0 Å². The molecular weight excluding hydrogens is 112 g/mol. The van der Waals surface area contributed by atoms with Gasteiger partial charge in [0.1, 0.15) is 5.82 Å². The third-order valence-electron chi connectivity index (χ3n) is 1.63. The topological polar surface area (TPSA) is 30.9 Å². The number of aromatic nitrogens is 1. The molecule has 0 aromatic carbocycles. The summed E-state index contributed by atoms with van der Waals surface area (Å²) in [5, 5.41) is 0. The molecule has 2 nitrogen and oxygen atoms in total. The Hall–Kier alpha value is -0.920. The number of nitrogen functional groups attached to an aromatic ring is 1. The van der Waals surface area contributed by atoms with E-state index >= 15 is 0 Å². The first kappa shape index (κ1) is 6.20. The van der Waals surface area contributed by atoms with Crippen molar-refractivity contribution in [1.82, 2.24) is 4.57 Å². The molecule has 0 radical (unpaired) electrons. The molecular formula is C7H12N2. The van der Waals surface area contributed by atoms with Gasteiger partial charge in [0, 0.05) is 12.7 Å². The van der Waals surface area contributed by atoms with Gasteiger partial charge < -0.3 is 10.3 Å². The average Bonchev–Trinajstić information content (AvgIpc) is 2.15. The van der Waals surface area contributed by atoms with Crippen molar-refractivity contribution < 1.29 is 0 Å². The Kier molecular flexibility index (Phi) is 1.47. The molecule has 0 aliphatic rings. The highest BCUT2D eigenvalue weighted by molar-refractivity contribution is 5.33. The predicted molar refractivity (Wildman–Crippen MR) is 39.2 cm³/mol. The Morgan fingerprint density at radius 1 is 1.56 bits per heavy atom. The molecule has 2 heteroatoms. The van der Waals surface area contributed by atoms with Gasteiger partial charge in [0.05, 0.1) is 0 Å². The summed E-state index contributed by atoms with van der Waals surface area (Å²) < 4.78 is 2.00. The minimum Gasteiger partial charge on any atom is -0.385 e. The Bertz CT molecular complexity index is 201. The fourth-order valence-electron chi connectivity index (χ4n) is 0.926. The monoisotopic (exact) mass is 124 g/mol. The highest BCUT2D eigenvalue weighted by atomic mass is 15.0. The van der Waals surface area contributed by atoms with Crippen molar-refractivity contribution in [3.8, 4) is 0 Å². The summed E-state index contributed by atoms with van der Waals surface area (Å²) in [5.41, 5.74) is 6.86. The van der Waals surface area contributed by atoms with Crippen LogP contribution in [0.1, 0.15) is 12.6 Å². The second kappa shape index (κ2) is 2.13. The Labute approximate surface area is 55.3 Å². The highest BCUT2D eigenvalue weighted by Crippen LogP contribution is 2.07. The maximum absolute atomic E-state index is 5.58. The zero-order valence-electron chi connectivity index (χ0n) is 5.89. The number of hydrogen-bond acceptors (Lipinski definition) is 1. The van der Waals surface area contributed by atoms with E-state index in [1.165, 1.54) is 5.69 Å². The van der Waals surface area contributed by atoms with Crippen molar-refractivity contribution in [2.45, 2.75) is 13.3 Å². The Morgan fingerprint density at radius 3 is 2.44 bits per heavy atom. The first-order valence-electron chi connectivity index (χ1n) is 3.15. The molecule has 0 aliphatic carbocycles. The van der Waals surface area contributed by atoms with E-state index in [1.54, 1.807) is 0 Å². The van der Waals surface area contributed by atoms with Crippen LogP contribution in [-0.2, 0) is 13.5 Å². The molecule has 1 rings (SSSR count). The second-order valence-corrected chi connectivity index (χ2v) is 2.16. The van der Waals surface area contributed by atoms with Crippen molar-refractivity contribution in [2.24, 2.45) is 7.05 Å². The van der Waals surface area contributed by atoms with Crippen molar-refractivity contribution in [3.05, 3.63) is 17.8 Å². The van der Waals surface area contributed by atoms with E-state index in [9.17, 15) is 0 Å². The SMILES string of the molecule is CCc1ccc(N)n1C. The second-order valence-electron chi connectivity index (χ2n) is 2.16. The number of rotatable bonds is 1. The molecule has 0 bridgehead atoms. The number of aryl methyl sites for hydroxylation is 1. The molecule has 0 saturated carbocycles. The third kappa shape index (κ3) is 0.922. The van der Waals surface area contributed by atoms with Gasteiger partial charge in [-0.25, -0.2) is 0 Å². The molecule has 0 atom stereocenters. The third-order valence-corrected chi connectivity index (χ3v) is 1.63. The van der Waals surface area contributed by atoms with Gasteiger partial charge >= 0.3 is 0 Å². The maximum atomic E-state index is 5.58. The van der Waals surface area contributed by atoms with Crippen LogP contribution in [0.15, 0.2) is 12.1 Å². The smallest absolute Gasteiger partial charge is 0.103 e. The summed E-state index contributed by atoms with van der Waals surface area (Å²) in [6, 6.07) is 3.98. The lowest BCUT2D eigenvalue weighted by Gasteiger charge is -1.99. The summed E-state index contributed by atoms with van der Waals surface area (Å²) in [5.74, 6) is 0.840. The van der Waals surface area contributed by atoms with Crippen molar-refractivity contribution in [1.29, 1.82) is 0 Å². The van der Waals surface area contributed by atoms with Gasteiger partial charge in [0.2, 0.25) is 0 Å². The molecule has 0 saturated heterocycles. The fourth-order valence-corrected chi connectivity index (χ4v) is 0.926. The van der Waals surface area contributed by atoms with Crippen LogP contribution in [0.5, 0.6) is 0 Å². The molecule has 1 aromatic heterocycles. The molecule has 0 aliphatic heterocycles. The Balaban J connectivity index is 3.04. The quantitative estimate of drug-likeness (QED) is 0.598. The molecule has 50 valence electrons. The van der Waals surface area contributed by atoms with Crippen LogP contribution in [-0.4, -0.2) is 4.57 Å². The fraction of sp³-hybridized carbons (Fsp3) is 0.429. The van der Waals surface area contributed by atoms with Crippen molar-refractivity contribution in [2.75, 3.05) is 5.73 Å². The lowest BCUT2D eigenvalue weighted by molar-refractivity contribution is 0.848. The van der Waals surface area contributed by atoms with Crippen LogP contribution < -0.4 is 5.73 Å². The molecule has 1 heterocycles. The average molecular weight is 124 g/mol. The van der Waals surface area contributed by atoms with Crippen LogP contribution in [0.4, 0.5) is 5.82 Å². The van der Waals surface area contributed by atoms with Gasteiger partial charge in [-0.3, -0.25) is 0 Å². The molecule has 0 fully saturated rings. The number of hydrogen-bond donors (Lipinski definition) is 1. The van der Waals surface area contributed by atoms with Crippen LogP contribution in [0, 0.1) is 0 Å². The number of anilines is 1. The van der Waals surface area contributed by atoms with Gasteiger partial charge in [-0.15, -0.1) is 0 Å². The molecule has 9 heavy (non-hydrogen) atoms. The first-order valence-corrected chi connectivity index (χ1v) is 3.15.